The van der Waals surface area contributed by atoms with Crippen molar-refractivity contribution in [2.45, 2.75) is 102 Å². The third-order valence-electron chi connectivity index (χ3n) is 10.7. The highest BCUT2D eigenvalue weighted by molar-refractivity contribution is 7.93. The fourth-order valence-corrected chi connectivity index (χ4v) is 9.05. The number of methoxy groups -OCH3 is 2. The molecule has 5 atom stereocenters. The second-order valence-electron chi connectivity index (χ2n) is 17.3. The molecule has 308 valence electrons. The Hall–Kier alpha value is -4.99. The lowest BCUT2D eigenvalue weighted by Gasteiger charge is -2.35. The van der Waals surface area contributed by atoms with E-state index in [-0.39, 0.29) is 37.6 Å². The van der Waals surface area contributed by atoms with Crippen molar-refractivity contribution < 1.29 is 51.1 Å². The quantitative estimate of drug-likeness (QED) is 0.162. The van der Waals surface area contributed by atoms with Gasteiger partial charge in [-0.2, -0.15) is 0 Å². The SMILES string of the molecule is C=C[C@@H]1C[C@]1(NC(=O)[C@@H]1C[C@@H](Oc2nc(-c3cc(OC)no3)cc3cc(OC)ccc23)CN1C(=O)[C@@H](CC(=O)OC(C)(C)C)C(C)(C)C)C(=O)CS(=O)(=O)C1CC1. The number of carbonyl (C=O) groups is 4. The van der Waals surface area contributed by atoms with Crippen molar-refractivity contribution in [3.63, 3.8) is 0 Å². The van der Waals surface area contributed by atoms with Gasteiger partial charge in [0.05, 0.1) is 44.4 Å². The average Bonchev–Trinajstić information content (AvgIpc) is 4.02. The van der Waals surface area contributed by atoms with Crippen LogP contribution in [-0.2, 0) is 33.8 Å². The van der Waals surface area contributed by atoms with Gasteiger partial charge in [0.1, 0.15) is 40.5 Å². The first-order chi connectivity index (χ1) is 26.7. The van der Waals surface area contributed by atoms with Crippen LogP contribution in [0.1, 0.15) is 73.6 Å². The molecule has 16 heteroatoms. The van der Waals surface area contributed by atoms with Gasteiger partial charge in [-0.15, -0.1) is 6.58 Å². The number of sulfone groups is 1. The first kappa shape index (κ1) is 41.6. The summed E-state index contributed by atoms with van der Waals surface area (Å²) in [6.07, 6.45) is 1.68. The number of carbonyl (C=O) groups excluding carboxylic acids is 4. The number of rotatable bonds is 15. The molecule has 0 spiro atoms. The van der Waals surface area contributed by atoms with Gasteiger partial charge in [0.2, 0.25) is 17.7 Å². The van der Waals surface area contributed by atoms with Crippen LogP contribution in [0.2, 0.25) is 0 Å². The minimum Gasteiger partial charge on any atom is -0.497 e. The number of nitrogens with zero attached hydrogens (tertiary/aromatic N) is 3. The molecule has 1 N–H and O–H groups in total. The van der Waals surface area contributed by atoms with E-state index in [0.717, 1.165) is 0 Å². The molecule has 57 heavy (non-hydrogen) atoms. The molecule has 2 aliphatic carbocycles. The highest BCUT2D eigenvalue weighted by atomic mass is 32.2. The topological polar surface area (TPSA) is 194 Å². The number of fused-ring (bicyclic) bond motifs is 1. The second kappa shape index (κ2) is 15.4. The second-order valence-corrected chi connectivity index (χ2v) is 19.5. The molecule has 3 fully saturated rings. The van der Waals surface area contributed by atoms with E-state index in [0.29, 0.717) is 40.8 Å². The van der Waals surface area contributed by atoms with E-state index in [9.17, 15) is 27.6 Å². The minimum absolute atomic E-state index is 0.00996. The lowest BCUT2D eigenvalue weighted by Crippen LogP contribution is -2.55. The van der Waals surface area contributed by atoms with Gasteiger partial charge in [0.15, 0.2) is 21.4 Å². The maximum Gasteiger partial charge on any atom is 0.307 e. The molecule has 2 aromatic heterocycles. The summed E-state index contributed by atoms with van der Waals surface area (Å²) in [4.78, 5) is 62.2. The van der Waals surface area contributed by atoms with Crippen molar-refractivity contribution >= 4 is 44.2 Å². The number of Topliss-reactive ketones (excluding diaryl/α,β-unsaturated/α-hetero) is 1. The zero-order chi connectivity index (χ0) is 41.7. The van der Waals surface area contributed by atoms with Crippen molar-refractivity contribution in [3.8, 4) is 29.0 Å². The molecule has 0 unspecified atom stereocenters. The predicted octanol–water partition coefficient (Wildman–Crippen LogP) is 4.86. The first-order valence-electron chi connectivity index (χ1n) is 19.1. The molecule has 15 nitrogen and oxygen atoms in total. The van der Waals surface area contributed by atoms with E-state index < -0.39 is 84.9 Å². The summed E-state index contributed by atoms with van der Waals surface area (Å²) in [5.74, 6) is -3.07. The first-order valence-corrected chi connectivity index (χ1v) is 20.8. The Morgan fingerprint density at radius 2 is 1.79 bits per heavy atom. The summed E-state index contributed by atoms with van der Waals surface area (Å²) in [6.45, 7) is 14.5. The Morgan fingerprint density at radius 3 is 2.37 bits per heavy atom. The molecule has 2 saturated carbocycles. The molecule has 3 aliphatic rings. The van der Waals surface area contributed by atoms with E-state index in [1.54, 1.807) is 58.2 Å². The predicted molar refractivity (Wildman–Crippen MR) is 209 cm³/mol. The van der Waals surface area contributed by atoms with E-state index in [4.69, 9.17) is 28.5 Å². The Bertz CT molecular complexity index is 2180. The summed E-state index contributed by atoms with van der Waals surface area (Å²) in [5, 5.41) is 7.52. The lowest BCUT2D eigenvalue weighted by atomic mass is 9.77. The van der Waals surface area contributed by atoms with Crippen LogP contribution in [0.3, 0.4) is 0 Å². The van der Waals surface area contributed by atoms with Gasteiger partial charge in [-0.05, 0) is 80.3 Å². The van der Waals surface area contributed by atoms with Crippen LogP contribution in [0.4, 0.5) is 0 Å². The van der Waals surface area contributed by atoms with Crippen LogP contribution in [-0.4, -0.2) is 102 Å². The van der Waals surface area contributed by atoms with Crippen LogP contribution >= 0.6 is 0 Å². The summed E-state index contributed by atoms with van der Waals surface area (Å²) in [6, 6.07) is 7.54. The molecule has 0 bridgehead atoms. The fraction of sp³-hybridized carbons (Fsp3) is 0.561. The molecule has 1 aliphatic heterocycles. The summed E-state index contributed by atoms with van der Waals surface area (Å²) in [5.41, 5.74) is -2.63. The van der Waals surface area contributed by atoms with Crippen LogP contribution < -0.4 is 19.5 Å². The molecular formula is C41H52N4O11S. The fourth-order valence-electron chi connectivity index (χ4n) is 7.34. The van der Waals surface area contributed by atoms with Gasteiger partial charge in [-0.3, -0.25) is 19.2 Å². The van der Waals surface area contributed by atoms with Gasteiger partial charge in [0.25, 0.3) is 5.88 Å². The number of esters is 1. The highest BCUT2D eigenvalue weighted by Gasteiger charge is 2.61. The van der Waals surface area contributed by atoms with E-state index in [2.05, 4.69) is 17.1 Å². The Balaban J connectivity index is 1.35. The number of aromatic nitrogens is 2. The van der Waals surface area contributed by atoms with Crippen LogP contribution in [0.25, 0.3) is 22.2 Å². The number of hydrogen-bond acceptors (Lipinski definition) is 13. The van der Waals surface area contributed by atoms with Crippen molar-refractivity contribution in [3.05, 3.63) is 43.0 Å². The molecule has 1 aromatic carbocycles. The number of ketones is 1. The summed E-state index contributed by atoms with van der Waals surface area (Å²) in [7, 11) is -0.670. The van der Waals surface area contributed by atoms with Crippen LogP contribution in [0.15, 0.2) is 47.5 Å². The van der Waals surface area contributed by atoms with E-state index in [1.165, 1.54) is 18.1 Å². The van der Waals surface area contributed by atoms with Crippen LogP contribution in [0.5, 0.6) is 17.5 Å². The number of likely N-dealkylation sites (tertiary alicyclic amines) is 1. The monoisotopic (exact) mass is 808 g/mol. The largest absolute Gasteiger partial charge is 0.497 e. The lowest BCUT2D eigenvalue weighted by molar-refractivity contribution is -0.161. The molecule has 3 heterocycles. The third kappa shape index (κ3) is 9.10. The third-order valence-corrected chi connectivity index (χ3v) is 12.9. The number of hydrogen-bond donors (Lipinski definition) is 1. The standard InChI is InChI=1S/C41H52N4O11S/c1-10-24-20-41(24,33(46)22-57(50,51)27-12-13-27)43-36(48)31-17-26(21-45(31)38(49)29(39(2,3)4)18-35(47)55-40(5,6)7)54-37-28-14-11-25(52-8)15-23(28)16-30(42-37)32-19-34(53-9)44-56-32/h10-11,14-16,19,24,26-27,29,31H,1,12-13,17-18,20-22H2,2-9H3,(H,43,48)/t24-,26-,29-,31+,41-/m1/s1. The molecule has 3 aromatic rings. The molecule has 6 rings (SSSR count). The summed E-state index contributed by atoms with van der Waals surface area (Å²) >= 11 is 0. The van der Waals surface area contributed by atoms with Crippen molar-refractivity contribution in [1.82, 2.24) is 20.4 Å². The molecular weight excluding hydrogens is 757 g/mol. The Kier molecular flexibility index (Phi) is 11.3. The Labute approximate surface area is 332 Å². The van der Waals surface area contributed by atoms with Gasteiger partial charge in [-0.25, -0.2) is 13.4 Å². The van der Waals surface area contributed by atoms with E-state index in [1.807, 2.05) is 20.8 Å². The minimum atomic E-state index is -3.68. The highest BCUT2D eigenvalue weighted by Crippen LogP contribution is 2.47. The van der Waals surface area contributed by atoms with E-state index >= 15 is 0 Å². The normalized spacial score (nSPS) is 22.7. The number of ether oxygens (including phenoxy) is 4. The molecule has 2 amide bonds. The van der Waals surface area contributed by atoms with Crippen molar-refractivity contribution in [2.24, 2.45) is 17.3 Å². The van der Waals surface area contributed by atoms with Crippen molar-refractivity contribution in [2.75, 3.05) is 26.5 Å². The zero-order valence-electron chi connectivity index (χ0n) is 33.7. The average molecular weight is 809 g/mol. The van der Waals surface area contributed by atoms with Gasteiger partial charge >= 0.3 is 5.97 Å². The zero-order valence-corrected chi connectivity index (χ0v) is 34.6. The smallest absolute Gasteiger partial charge is 0.307 e. The number of benzene rings is 1. The van der Waals surface area contributed by atoms with Crippen molar-refractivity contribution in [1.29, 1.82) is 0 Å². The van der Waals surface area contributed by atoms with Crippen LogP contribution in [0, 0.1) is 17.3 Å². The number of nitrogens with one attached hydrogen (secondary N) is 1. The van der Waals surface area contributed by atoms with Gasteiger partial charge < -0.3 is 33.7 Å². The Morgan fingerprint density at radius 1 is 1.07 bits per heavy atom. The summed E-state index contributed by atoms with van der Waals surface area (Å²) < 4.78 is 54.1. The maximum absolute atomic E-state index is 14.7. The van der Waals surface area contributed by atoms with Gasteiger partial charge in [0, 0.05) is 17.7 Å². The maximum atomic E-state index is 14.7. The molecule has 1 saturated heterocycles. The number of pyridine rings is 1. The number of amides is 2. The van der Waals surface area contributed by atoms with Gasteiger partial charge in [-0.1, -0.05) is 26.8 Å². The molecule has 0 radical (unpaired) electrons.